The zero-order valence-electron chi connectivity index (χ0n) is 18.9. The quantitative estimate of drug-likeness (QED) is 0.627. The third-order valence-electron chi connectivity index (χ3n) is 8.39. The van der Waals surface area contributed by atoms with Gasteiger partial charge in [-0.1, -0.05) is 13.0 Å². The minimum absolute atomic E-state index is 0.0147. The molecule has 2 aliphatic carbocycles. The Balaban J connectivity index is 1.42. The van der Waals surface area contributed by atoms with E-state index in [9.17, 15) is 14.4 Å². The number of nitrogens with one attached hydrogen (secondary N) is 2. The molecule has 5 rings (SSSR count). The largest absolute Gasteiger partial charge is 0.379 e. The highest BCUT2D eigenvalue weighted by atomic mass is 16.2. The summed E-state index contributed by atoms with van der Waals surface area (Å²) in [6.45, 7) is 2.74. The normalized spacial score (nSPS) is 35.1. The number of amides is 3. The number of piperidine rings is 1. The lowest BCUT2D eigenvalue weighted by Gasteiger charge is -2.46. The van der Waals surface area contributed by atoms with E-state index >= 15 is 0 Å². The minimum Gasteiger partial charge on any atom is -0.379 e. The van der Waals surface area contributed by atoms with Crippen LogP contribution in [-0.4, -0.2) is 40.2 Å². The molecule has 0 radical (unpaired) electrons. The van der Waals surface area contributed by atoms with Gasteiger partial charge in [0, 0.05) is 41.4 Å². The number of hydrogen-bond acceptors (Lipinski definition) is 5. The number of benzene rings is 1. The van der Waals surface area contributed by atoms with Gasteiger partial charge in [-0.2, -0.15) is 0 Å². The third kappa shape index (κ3) is 3.70. The van der Waals surface area contributed by atoms with E-state index in [1.54, 1.807) is 4.90 Å². The molecule has 7 heteroatoms. The lowest BCUT2D eigenvalue weighted by molar-refractivity contribution is -0.136. The number of rotatable bonds is 4. The van der Waals surface area contributed by atoms with E-state index in [0.717, 1.165) is 49.3 Å². The van der Waals surface area contributed by atoms with Crippen molar-refractivity contribution in [2.45, 2.75) is 88.9 Å². The predicted octanol–water partition coefficient (Wildman–Crippen LogP) is 2.94. The standard InChI is InChI=1S/C25H34N4O3/c1-15-9-11-25(12-10-15,16-5-6-17(26)13-16)28-20-4-2-3-18-19(20)14-29(24(18)32)21-7-8-22(30)27-23(21)31/h2-4,15-17,21,28H,5-14,26H2,1H3,(H,27,30,31)/t15?,16-,17+,21?,25?/m1/s1. The molecule has 0 bridgehead atoms. The maximum Gasteiger partial charge on any atom is 0.255 e. The van der Waals surface area contributed by atoms with Crippen LogP contribution < -0.4 is 16.4 Å². The van der Waals surface area contributed by atoms with Crippen LogP contribution in [0.2, 0.25) is 0 Å². The first kappa shape index (κ1) is 21.4. The van der Waals surface area contributed by atoms with Gasteiger partial charge >= 0.3 is 0 Å². The molecule has 4 aliphatic rings. The van der Waals surface area contributed by atoms with Crippen LogP contribution in [-0.2, 0) is 16.1 Å². The van der Waals surface area contributed by atoms with Gasteiger partial charge in [-0.25, -0.2) is 0 Å². The summed E-state index contributed by atoms with van der Waals surface area (Å²) in [4.78, 5) is 38.8. The summed E-state index contributed by atoms with van der Waals surface area (Å²) in [7, 11) is 0. The summed E-state index contributed by atoms with van der Waals surface area (Å²) in [5.41, 5.74) is 8.97. The zero-order valence-corrected chi connectivity index (χ0v) is 18.9. The van der Waals surface area contributed by atoms with Gasteiger partial charge < -0.3 is 16.0 Å². The molecule has 172 valence electrons. The van der Waals surface area contributed by atoms with Crippen molar-refractivity contribution in [2.75, 3.05) is 5.32 Å². The molecule has 2 heterocycles. The van der Waals surface area contributed by atoms with E-state index in [2.05, 4.69) is 23.6 Å². The molecule has 2 aliphatic heterocycles. The molecule has 3 amide bonds. The van der Waals surface area contributed by atoms with Crippen LogP contribution in [0.5, 0.6) is 0 Å². The smallest absolute Gasteiger partial charge is 0.255 e. The molecule has 1 saturated heterocycles. The maximum absolute atomic E-state index is 13.2. The molecule has 1 aromatic rings. The van der Waals surface area contributed by atoms with Crippen LogP contribution in [0.1, 0.15) is 80.6 Å². The van der Waals surface area contributed by atoms with Crippen molar-refractivity contribution < 1.29 is 14.4 Å². The first-order valence-corrected chi connectivity index (χ1v) is 12.2. The summed E-state index contributed by atoms with van der Waals surface area (Å²) >= 11 is 0. The average Bonchev–Trinajstić information content (AvgIpc) is 3.35. The van der Waals surface area contributed by atoms with Gasteiger partial charge in [0.15, 0.2) is 0 Å². The summed E-state index contributed by atoms with van der Waals surface area (Å²) in [6, 6.07) is 5.57. The maximum atomic E-state index is 13.2. The third-order valence-corrected chi connectivity index (χ3v) is 8.39. The number of anilines is 1. The van der Waals surface area contributed by atoms with Crippen LogP contribution >= 0.6 is 0 Å². The second kappa shape index (κ2) is 8.18. The van der Waals surface area contributed by atoms with Crippen LogP contribution in [0.3, 0.4) is 0 Å². The Labute approximate surface area is 189 Å². The molecule has 1 unspecified atom stereocenters. The number of hydrogen-bond donors (Lipinski definition) is 3. The Morgan fingerprint density at radius 2 is 1.88 bits per heavy atom. The molecular formula is C25H34N4O3. The molecular weight excluding hydrogens is 404 g/mol. The number of carbonyl (C=O) groups is 3. The van der Waals surface area contributed by atoms with Gasteiger partial charge in [0.25, 0.3) is 5.91 Å². The van der Waals surface area contributed by atoms with Gasteiger partial charge in [-0.05, 0) is 75.3 Å². The number of fused-ring (bicyclic) bond motifs is 1. The lowest BCUT2D eigenvalue weighted by atomic mass is 9.69. The van der Waals surface area contributed by atoms with E-state index in [1.807, 2.05) is 12.1 Å². The van der Waals surface area contributed by atoms with E-state index < -0.39 is 6.04 Å². The van der Waals surface area contributed by atoms with E-state index in [0.29, 0.717) is 24.4 Å². The fourth-order valence-corrected chi connectivity index (χ4v) is 6.40. The number of nitrogens with zero attached hydrogens (tertiary/aromatic N) is 1. The SMILES string of the molecule is CC1CCC(Nc2cccc3c2CN(C2CCC(=O)NC2=O)C3=O)([C@@H]2CC[C@H](N)C2)CC1. The van der Waals surface area contributed by atoms with Gasteiger partial charge in [0.1, 0.15) is 6.04 Å². The van der Waals surface area contributed by atoms with Crippen molar-refractivity contribution in [2.24, 2.45) is 17.6 Å². The molecule has 3 fully saturated rings. The summed E-state index contributed by atoms with van der Waals surface area (Å²) in [5, 5.41) is 6.34. The van der Waals surface area contributed by atoms with Crippen molar-refractivity contribution in [3.05, 3.63) is 29.3 Å². The Bertz CT molecular complexity index is 937. The number of carbonyl (C=O) groups excluding carboxylic acids is 3. The predicted molar refractivity (Wildman–Crippen MR) is 122 cm³/mol. The first-order valence-electron chi connectivity index (χ1n) is 12.2. The highest BCUT2D eigenvalue weighted by molar-refractivity contribution is 6.06. The molecule has 2 saturated carbocycles. The molecule has 32 heavy (non-hydrogen) atoms. The topological polar surface area (TPSA) is 105 Å². The summed E-state index contributed by atoms with van der Waals surface area (Å²) < 4.78 is 0. The molecule has 1 aromatic carbocycles. The van der Waals surface area contributed by atoms with Crippen molar-refractivity contribution in [3.8, 4) is 0 Å². The fourth-order valence-electron chi connectivity index (χ4n) is 6.40. The Morgan fingerprint density at radius 1 is 1.09 bits per heavy atom. The average molecular weight is 439 g/mol. The van der Waals surface area contributed by atoms with Crippen molar-refractivity contribution in [3.63, 3.8) is 0 Å². The lowest BCUT2D eigenvalue weighted by Crippen LogP contribution is -2.52. The second-order valence-corrected chi connectivity index (χ2v) is 10.5. The van der Waals surface area contributed by atoms with Crippen LogP contribution in [0.15, 0.2) is 18.2 Å². The number of imide groups is 1. The number of nitrogens with two attached hydrogens (primary N) is 1. The van der Waals surface area contributed by atoms with Gasteiger partial charge in [0.05, 0.1) is 0 Å². The molecule has 3 atom stereocenters. The first-order chi connectivity index (χ1) is 15.4. The van der Waals surface area contributed by atoms with Crippen LogP contribution in [0.25, 0.3) is 0 Å². The van der Waals surface area contributed by atoms with E-state index in [4.69, 9.17) is 5.73 Å². The molecule has 4 N–H and O–H groups in total. The molecule has 7 nitrogen and oxygen atoms in total. The van der Waals surface area contributed by atoms with Crippen LogP contribution in [0.4, 0.5) is 5.69 Å². The van der Waals surface area contributed by atoms with Crippen molar-refractivity contribution in [1.29, 1.82) is 0 Å². The highest BCUT2D eigenvalue weighted by Crippen LogP contribution is 2.46. The zero-order chi connectivity index (χ0) is 22.5. The van der Waals surface area contributed by atoms with Gasteiger partial charge in [0.2, 0.25) is 11.8 Å². The molecule has 0 aromatic heterocycles. The van der Waals surface area contributed by atoms with Crippen molar-refractivity contribution in [1.82, 2.24) is 10.2 Å². The van der Waals surface area contributed by atoms with Crippen LogP contribution in [0, 0.1) is 11.8 Å². The second-order valence-electron chi connectivity index (χ2n) is 10.5. The monoisotopic (exact) mass is 438 g/mol. The van der Waals surface area contributed by atoms with Gasteiger partial charge in [-0.3, -0.25) is 19.7 Å². The van der Waals surface area contributed by atoms with Crippen molar-refractivity contribution >= 4 is 23.4 Å². The van der Waals surface area contributed by atoms with E-state index in [-0.39, 0.29) is 35.7 Å². The minimum atomic E-state index is -0.585. The summed E-state index contributed by atoms with van der Waals surface area (Å²) in [5.74, 6) is 0.540. The van der Waals surface area contributed by atoms with E-state index in [1.165, 1.54) is 12.8 Å². The Kier molecular flexibility index (Phi) is 5.48. The molecule has 0 spiro atoms. The Morgan fingerprint density at radius 3 is 2.56 bits per heavy atom. The van der Waals surface area contributed by atoms with Gasteiger partial charge in [-0.15, -0.1) is 0 Å². The summed E-state index contributed by atoms with van der Waals surface area (Å²) in [6.07, 6.45) is 8.60. The fraction of sp³-hybridized carbons (Fsp3) is 0.640. The Hall–Kier alpha value is -2.41. The highest BCUT2D eigenvalue weighted by Gasteiger charge is 2.45.